The Bertz CT molecular complexity index is 242. The van der Waals surface area contributed by atoms with Gasteiger partial charge in [0.15, 0.2) is 0 Å². The van der Waals surface area contributed by atoms with Crippen LogP contribution in [0, 0.1) is 0 Å². The van der Waals surface area contributed by atoms with E-state index in [2.05, 4.69) is 25.9 Å². The highest BCUT2D eigenvalue weighted by molar-refractivity contribution is 9.10. The molecule has 0 N–H and O–H groups in total. The van der Waals surface area contributed by atoms with E-state index in [0.717, 1.165) is 11.1 Å². The summed E-state index contributed by atoms with van der Waals surface area (Å²) in [5.41, 5.74) is 1.22. The van der Waals surface area contributed by atoms with Crippen molar-refractivity contribution in [3.63, 3.8) is 0 Å². The first-order chi connectivity index (χ1) is 5.11. The molecule has 0 atom stereocenters. The van der Waals surface area contributed by atoms with Crippen LogP contribution >= 0.6 is 15.9 Å². The molecule has 1 rings (SSSR count). The Morgan fingerprint density at radius 2 is 2.27 bits per heavy atom. The second kappa shape index (κ2) is 3.36. The van der Waals surface area contributed by atoms with Crippen molar-refractivity contribution in [2.24, 2.45) is 7.05 Å². The van der Waals surface area contributed by atoms with Crippen LogP contribution in [0.15, 0.2) is 10.8 Å². The van der Waals surface area contributed by atoms with Gasteiger partial charge in [-0.1, -0.05) is 0 Å². The van der Waals surface area contributed by atoms with Crippen LogP contribution in [0.4, 0.5) is 0 Å². The smallest absolute Gasteiger partial charge is 0.108 e. The molecule has 0 bridgehead atoms. The Labute approximate surface area is 75.1 Å². The number of rotatable bonds is 2. The molecule has 0 aliphatic carbocycles. The third kappa shape index (κ3) is 2.04. The Morgan fingerprint density at radius 1 is 1.64 bits per heavy atom. The van der Waals surface area contributed by atoms with Gasteiger partial charge in [-0.2, -0.15) is 5.10 Å². The lowest BCUT2D eigenvalue weighted by molar-refractivity contribution is 0.401. The third-order valence-corrected chi connectivity index (χ3v) is 2.44. The Kier molecular flexibility index (Phi) is 2.67. The molecule has 1 heterocycles. The molecule has 1 aromatic rings. The number of aryl methyl sites for hydroxylation is 1. The van der Waals surface area contributed by atoms with Gasteiger partial charge >= 0.3 is 0 Å². The summed E-state index contributed by atoms with van der Waals surface area (Å²) < 4.78 is 2.88. The van der Waals surface area contributed by atoms with E-state index in [1.807, 2.05) is 32.0 Å². The first kappa shape index (κ1) is 8.74. The van der Waals surface area contributed by atoms with E-state index < -0.39 is 0 Å². The molecule has 4 heteroatoms. The Morgan fingerprint density at radius 3 is 2.64 bits per heavy atom. The van der Waals surface area contributed by atoms with Crippen LogP contribution in [0.1, 0.15) is 5.56 Å². The topological polar surface area (TPSA) is 21.1 Å². The summed E-state index contributed by atoms with van der Waals surface area (Å²) in [7, 11) is 6.00. The zero-order valence-corrected chi connectivity index (χ0v) is 8.59. The van der Waals surface area contributed by atoms with E-state index in [-0.39, 0.29) is 0 Å². The largest absolute Gasteiger partial charge is 0.305 e. The second-order valence-corrected chi connectivity index (χ2v) is 3.57. The van der Waals surface area contributed by atoms with Crippen molar-refractivity contribution in [1.29, 1.82) is 0 Å². The summed E-state index contributed by atoms with van der Waals surface area (Å²) >= 11 is 3.45. The highest BCUT2D eigenvalue weighted by atomic mass is 79.9. The monoisotopic (exact) mass is 217 g/mol. The van der Waals surface area contributed by atoms with Crippen molar-refractivity contribution >= 4 is 15.9 Å². The van der Waals surface area contributed by atoms with E-state index in [1.165, 1.54) is 5.56 Å². The van der Waals surface area contributed by atoms with Crippen molar-refractivity contribution < 1.29 is 0 Å². The van der Waals surface area contributed by atoms with E-state index >= 15 is 0 Å². The number of hydrogen-bond acceptors (Lipinski definition) is 2. The number of halogens is 1. The number of nitrogens with zero attached hydrogens (tertiary/aromatic N) is 3. The maximum Gasteiger partial charge on any atom is 0.108 e. The average molecular weight is 218 g/mol. The van der Waals surface area contributed by atoms with Crippen LogP contribution in [0.25, 0.3) is 0 Å². The second-order valence-electron chi connectivity index (χ2n) is 2.82. The summed E-state index contributed by atoms with van der Waals surface area (Å²) in [6.45, 7) is 0.925. The lowest BCUT2D eigenvalue weighted by Crippen LogP contribution is -2.10. The van der Waals surface area contributed by atoms with Gasteiger partial charge in [-0.25, -0.2) is 0 Å². The molecule has 62 valence electrons. The van der Waals surface area contributed by atoms with E-state index in [9.17, 15) is 0 Å². The molecule has 0 radical (unpaired) electrons. The molecule has 0 saturated carbocycles. The molecule has 0 saturated heterocycles. The zero-order valence-electron chi connectivity index (χ0n) is 7.00. The number of hydrogen-bond donors (Lipinski definition) is 0. The maximum atomic E-state index is 4.11. The summed E-state index contributed by atoms with van der Waals surface area (Å²) in [5, 5.41) is 4.11. The van der Waals surface area contributed by atoms with Crippen LogP contribution in [-0.4, -0.2) is 28.8 Å². The van der Waals surface area contributed by atoms with E-state index in [0.29, 0.717) is 0 Å². The highest BCUT2D eigenvalue weighted by Gasteiger charge is 2.04. The molecule has 0 unspecified atom stereocenters. The van der Waals surface area contributed by atoms with Crippen LogP contribution in [0.5, 0.6) is 0 Å². The summed E-state index contributed by atoms with van der Waals surface area (Å²) in [5.74, 6) is 0. The highest BCUT2D eigenvalue weighted by Crippen LogP contribution is 2.15. The average Bonchev–Trinajstić information content (AvgIpc) is 2.18. The minimum absolute atomic E-state index is 0.925. The molecule has 1 aromatic heterocycles. The van der Waals surface area contributed by atoms with Gasteiger partial charge < -0.3 is 4.90 Å². The molecular formula is C7H12BrN3. The van der Waals surface area contributed by atoms with Gasteiger partial charge in [0.25, 0.3) is 0 Å². The molecule has 0 fully saturated rings. The van der Waals surface area contributed by atoms with Gasteiger partial charge in [0.1, 0.15) is 4.60 Å². The predicted molar refractivity (Wildman–Crippen MR) is 48.3 cm³/mol. The first-order valence-electron chi connectivity index (χ1n) is 3.42. The molecule has 0 spiro atoms. The normalized spacial score (nSPS) is 11.0. The minimum Gasteiger partial charge on any atom is -0.305 e. The van der Waals surface area contributed by atoms with Gasteiger partial charge in [0, 0.05) is 19.2 Å². The molecular weight excluding hydrogens is 206 g/mol. The molecule has 11 heavy (non-hydrogen) atoms. The van der Waals surface area contributed by atoms with Gasteiger partial charge in [-0.15, -0.1) is 0 Å². The zero-order chi connectivity index (χ0) is 8.43. The fraction of sp³-hybridized carbons (Fsp3) is 0.571. The summed E-state index contributed by atoms with van der Waals surface area (Å²) in [6, 6.07) is 0. The molecule has 0 aromatic carbocycles. The van der Waals surface area contributed by atoms with Gasteiger partial charge in [0.2, 0.25) is 0 Å². The van der Waals surface area contributed by atoms with Crippen molar-refractivity contribution in [3.8, 4) is 0 Å². The molecule has 0 aliphatic heterocycles. The fourth-order valence-electron chi connectivity index (χ4n) is 0.915. The van der Waals surface area contributed by atoms with Crippen molar-refractivity contribution in [2.75, 3.05) is 14.1 Å². The van der Waals surface area contributed by atoms with Crippen molar-refractivity contribution in [1.82, 2.24) is 14.7 Å². The van der Waals surface area contributed by atoms with Gasteiger partial charge in [0.05, 0.1) is 6.20 Å². The van der Waals surface area contributed by atoms with E-state index in [1.54, 1.807) is 0 Å². The van der Waals surface area contributed by atoms with Crippen LogP contribution in [0.2, 0.25) is 0 Å². The first-order valence-corrected chi connectivity index (χ1v) is 4.21. The Balaban J connectivity index is 2.79. The number of aromatic nitrogens is 2. The molecule has 0 aliphatic rings. The van der Waals surface area contributed by atoms with Crippen LogP contribution in [0.3, 0.4) is 0 Å². The quantitative estimate of drug-likeness (QED) is 0.744. The van der Waals surface area contributed by atoms with Crippen LogP contribution < -0.4 is 0 Å². The SMILES string of the molecule is CN(C)Cc1cnn(C)c1Br. The predicted octanol–water partition coefficient (Wildman–Crippen LogP) is 1.24. The van der Waals surface area contributed by atoms with E-state index in [4.69, 9.17) is 0 Å². The van der Waals surface area contributed by atoms with Gasteiger partial charge in [-0.3, -0.25) is 4.68 Å². The van der Waals surface area contributed by atoms with Crippen molar-refractivity contribution in [2.45, 2.75) is 6.54 Å². The third-order valence-electron chi connectivity index (χ3n) is 1.42. The lowest BCUT2D eigenvalue weighted by Gasteiger charge is -2.07. The maximum absolute atomic E-state index is 4.11. The van der Waals surface area contributed by atoms with Crippen LogP contribution in [-0.2, 0) is 13.6 Å². The Hall–Kier alpha value is -0.350. The summed E-state index contributed by atoms with van der Waals surface area (Å²) in [6.07, 6.45) is 1.88. The molecule has 3 nitrogen and oxygen atoms in total. The summed E-state index contributed by atoms with van der Waals surface area (Å²) in [4.78, 5) is 2.11. The standard InChI is InChI=1S/C7H12BrN3/c1-10(2)5-6-4-9-11(3)7(6)8/h4H,5H2,1-3H3. The molecule has 0 amide bonds. The fourth-order valence-corrected chi connectivity index (χ4v) is 1.23. The van der Waals surface area contributed by atoms with Gasteiger partial charge in [-0.05, 0) is 30.0 Å². The van der Waals surface area contributed by atoms with Crippen molar-refractivity contribution in [3.05, 3.63) is 16.4 Å². The minimum atomic E-state index is 0.925. The lowest BCUT2D eigenvalue weighted by atomic mass is 10.3.